The molecule has 1 fully saturated rings. The summed E-state index contributed by atoms with van der Waals surface area (Å²) in [4.78, 5) is 37.5. The van der Waals surface area contributed by atoms with E-state index in [4.69, 9.17) is 6.57 Å². The second-order valence-electron chi connectivity index (χ2n) is 8.48. The number of piperazine rings is 1. The number of hydrogen-bond acceptors (Lipinski definition) is 5. The molecule has 0 spiro atoms. The Hall–Kier alpha value is -3.71. The Labute approximate surface area is 204 Å². The number of aryl methyl sites for hydroxylation is 1. The van der Waals surface area contributed by atoms with Gasteiger partial charge in [-0.1, -0.05) is 6.58 Å². The number of nitrogens with zero attached hydrogens (tertiary/aromatic N) is 5. The third kappa shape index (κ3) is 3.76. The zero-order valence-electron chi connectivity index (χ0n) is 18.9. The van der Waals surface area contributed by atoms with Gasteiger partial charge in [0.05, 0.1) is 12.1 Å². The zero-order valence-corrected chi connectivity index (χ0v) is 19.7. The summed E-state index contributed by atoms with van der Waals surface area (Å²) < 4.78 is 30.0. The minimum atomic E-state index is -0.767. The molecular weight excluding hydrogens is 472 g/mol. The van der Waals surface area contributed by atoms with Gasteiger partial charge in [0.15, 0.2) is 5.69 Å². The van der Waals surface area contributed by atoms with Gasteiger partial charge in [0.1, 0.15) is 17.5 Å². The molecule has 0 unspecified atom stereocenters. The van der Waals surface area contributed by atoms with Gasteiger partial charge in [-0.2, -0.15) is 4.98 Å². The monoisotopic (exact) mass is 493 g/mol. The highest BCUT2D eigenvalue weighted by molar-refractivity contribution is 7.99. The van der Waals surface area contributed by atoms with Crippen LogP contribution in [-0.4, -0.2) is 51.8 Å². The predicted octanol–water partition coefficient (Wildman–Crippen LogP) is 4.22. The first-order chi connectivity index (χ1) is 16.8. The fourth-order valence-corrected chi connectivity index (χ4v) is 6.02. The van der Waals surface area contributed by atoms with E-state index in [1.165, 1.54) is 23.9 Å². The number of benzene rings is 2. The maximum absolute atomic E-state index is 14.8. The molecule has 2 aliphatic rings. The van der Waals surface area contributed by atoms with Crippen molar-refractivity contribution in [2.24, 2.45) is 0 Å². The molecule has 0 saturated carbocycles. The van der Waals surface area contributed by atoms with Crippen LogP contribution in [0.25, 0.3) is 26.9 Å². The highest BCUT2D eigenvalue weighted by Gasteiger charge is 2.31. The first kappa shape index (κ1) is 23.1. The summed E-state index contributed by atoms with van der Waals surface area (Å²) in [6.07, 6.45) is 1.28. The fourth-order valence-electron chi connectivity index (χ4n) is 4.83. The average Bonchev–Trinajstić information content (AvgIpc) is 2.85. The van der Waals surface area contributed by atoms with Gasteiger partial charge in [0, 0.05) is 65.4 Å². The van der Waals surface area contributed by atoms with Crippen LogP contribution in [0.3, 0.4) is 0 Å². The van der Waals surface area contributed by atoms with Crippen molar-refractivity contribution in [3.63, 3.8) is 0 Å². The molecule has 0 aliphatic carbocycles. The third-order valence-corrected chi connectivity index (χ3v) is 7.52. The topological polar surface area (TPSA) is 62.8 Å². The van der Waals surface area contributed by atoms with E-state index in [2.05, 4.69) is 16.4 Å². The van der Waals surface area contributed by atoms with Crippen LogP contribution in [0.15, 0.2) is 46.6 Å². The molecule has 7 nitrogen and oxygen atoms in total. The molecule has 3 heterocycles. The minimum absolute atomic E-state index is 0.117. The predicted molar refractivity (Wildman–Crippen MR) is 132 cm³/mol. The molecule has 1 aromatic heterocycles. The number of carbonyl (C=O) groups is 1. The maximum atomic E-state index is 14.8. The van der Waals surface area contributed by atoms with Crippen LogP contribution in [0, 0.1) is 18.2 Å². The lowest BCUT2D eigenvalue weighted by atomic mass is 9.99. The number of halogens is 2. The second kappa shape index (κ2) is 8.82. The molecule has 5 rings (SSSR count). The number of rotatable bonds is 3. The Morgan fingerprint density at radius 1 is 1.29 bits per heavy atom. The summed E-state index contributed by atoms with van der Waals surface area (Å²) in [5.41, 5.74) is 0.848. The first-order valence-corrected chi connectivity index (χ1v) is 12.1. The van der Waals surface area contributed by atoms with Crippen LogP contribution < -0.4 is 10.6 Å². The second-order valence-corrected chi connectivity index (χ2v) is 9.59. The summed E-state index contributed by atoms with van der Waals surface area (Å²) in [6.45, 7) is 15.1. The van der Waals surface area contributed by atoms with Gasteiger partial charge in [-0.05, 0) is 31.2 Å². The van der Waals surface area contributed by atoms with Crippen LogP contribution in [0.1, 0.15) is 6.92 Å². The fraction of sp³-hybridized carbons (Fsp3) is 0.280. The van der Waals surface area contributed by atoms with Crippen molar-refractivity contribution in [3.8, 4) is 11.1 Å². The van der Waals surface area contributed by atoms with Gasteiger partial charge in [-0.15, -0.1) is 11.8 Å². The number of anilines is 1. The molecule has 1 amide bonds. The van der Waals surface area contributed by atoms with E-state index in [0.717, 1.165) is 12.1 Å². The summed E-state index contributed by atoms with van der Waals surface area (Å²) in [5.74, 6) is -0.627. The van der Waals surface area contributed by atoms with Crippen molar-refractivity contribution in [2.75, 3.05) is 30.3 Å². The van der Waals surface area contributed by atoms with Gasteiger partial charge in [0.25, 0.3) is 0 Å². The van der Waals surface area contributed by atoms with Crippen LogP contribution in [-0.2, 0) is 11.3 Å². The van der Waals surface area contributed by atoms with Crippen molar-refractivity contribution in [3.05, 3.63) is 70.5 Å². The van der Waals surface area contributed by atoms with Gasteiger partial charge < -0.3 is 9.80 Å². The van der Waals surface area contributed by atoms with E-state index in [1.54, 1.807) is 15.5 Å². The summed E-state index contributed by atoms with van der Waals surface area (Å²) in [7, 11) is 0. The maximum Gasteiger partial charge on any atom is 0.350 e. The van der Waals surface area contributed by atoms with Crippen LogP contribution in [0.4, 0.5) is 20.3 Å². The lowest BCUT2D eigenvalue weighted by Crippen LogP contribution is -2.54. The van der Waals surface area contributed by atoms with E-state index in [9.17, 15) is 18.4 Å². The van der Waals surface area contributed by atoms with E-state index < -0.39 is 17.3 Å². The number of amides is 1. The average molecular weight is 494 g/mol. The van der Waals surface area contributed by atoms with Crippen molar-refractivity contribution >= 4 is 40.1 Å². The van der Waals surface area contributed by atoms with E-state index in [0.29, 0.717) is 59.1 Å². The summed E-state index contributed by atoms with van der Waals surface area (Å²) >= 11 is 1.44. The highest BCUT2D eigenvalue weighted by Crippen LogP contribution is 2.47. The molecular formula is C25H21F2N5O2S. The van der Waals surface area contributed by atoms with Gasteiger partial charge >= 0.3 is 5.69 Å². The van der Waals surface area contributed by atoms with Gasteiger partial charge in [-0.3, -0.25) is 9.36 Å². The Morgan fingerprint density at radius 3 is 2.77 bits per heavy atom. The van der Waals surface area contributed by atoms with Gasteiger partial charge in [0.2, 0.25) is 5.91 Å². The van der Waals surface area contributed by atoms with E-state index in [-0.39, 0.29) is 23.2 Å². The summed E-state index contributed by atoms with van der Waals surface area (Å²) in [6, 6.07) is 4.79. The molecule has 178 valence electrons. The summed E-state index contributed by atoms with van der Waals surface area (Å²) in [5, 5.41) is 0.624. The highest BCUT2D eigenvalue weighted by atomic mass is 32.2. The van der Waals surface area contributed by atoms with Crippen molar-refractivity contribution < 1.29 is 13.6 Å². The molecule has 35 heavy (non-hydrogen) atoms. The molecule has 10 heteroatoms. The normalized spacial score (nSPS) is 17.4. The van der Waals surface area contributed by atoms with Crippen molar-refractivity contribution in [1.82, 2.24) is 14.5 Å². The van der Waals surface area contributed by atoms with Crippen LogP contribution in [0.5, 0.6) is 0 Å². The van der Waals surface area contributed by atoms with Crippen LogP contribution in [0.2, 0.25) is 0 Å². The molecule has 1 atom stereocenters. The quantitative estimate of drug-likeness (QED) is 0.404. The number of hydrogen-bond donors (Lipinski definition) is 0. The van der Waals surface area contributed by atoms with E-state index >= 15 is 0 Å². The van der Waals surface area contributed by atoms with Crippen molar-refractivity contribution in [1.29, 1.82) is 0 Å². The lowest BCUT2D eigenvalue weighted by molar-refractivity contribution is -0.126. The smallest absolute Gasteiger partial charge is 0.350 e. The van der Waals surface area contributed by atoms with E-state index in [1.807, 2.05) is 11.8 Å². The lowest BCUT2D eigenvalue weighted by Gasteiger charge is -2.41. The number of carbonyl (C=O) groups excluding carboxylic acids is 1. The molecule has 2 aromatic carbocycles. The number of thioether (sulfide) groups is 1. The van der Waals surface area contributed by atoms with Crippen LogP contribution >= 0.6 is 11.8 Å². The van der Waals surface area contributed by atoms with Gasteiger partial charge in [-0.25, -0.2) is 18.4 Å². The molecule has 1 saturated heterocycles. The first-order valence-electron chi connectivity index (χ1n) is 11.1. The SMILES string of the molecule is [C-]#[N+]c1cc2c(N3CCN(C(=O)C=C)C[C@@H]3C)nc(=O)n3c2c(c1-c1ccc(F)cc1F)SCC3. The largest absolute Gasteiger partial charge is 0.350 e. The molecule has 2 aliphatic heterocycles. The van der Waals surface area contributed by atoms with Crippen molar-refractivity contribution in [2.45, 2.75) is 24.4 Å². The zero-order chi connectivity index (χ0) is 24.9. The Kier molecular flexibility index (Phi) is 5.81. The molecule has 0 bridgehead atoms. The molecule has 0 radical (unpaired) electrons. The molecule has 3 aromatic rings. The molecule has 0 N–H and O–H groups in total. The Bertz CT molecular complexity index is 1500. The third-order valence-electron chi connectivity index (χ3n) is 6.45. The number of aromatic nitrogens is 2. The minimum Gasteiger partial charge on any atom is -0.350 e. The Morgan fingerprint density at radius 2 is 2.09 bits per heavy atom. The standard InChI is InChI=1S/C25H21F2N5O2S/c1-4-20(33)30-7-8-31(14(2)13-30)24-17-12-19(28-3)21(16-6-5-15(26)11-18(16)27)23-22(17)32(9-10-35-23)25(34)29-24/h4-6,11-12,14H,1,7-10,13H2,2H3/t14-/m0/s1. The Balaban J connectivity index is 1.75.